The smallest absolute Gasteiger partial charge is 0.407 e. The summed E-state index contributed by atoms with van der Waals surface area (Å²) in [5, 5.41) is 12.7. The van der Waals surface area contributed by atoms with Crippen molar-refractivity contribution in [1.29, 1.82) is 0 Å². The molecule has 2 aromatic carbocycles. The largest absolute Gasteiger partial charge is 0.445 e. The first-order valence-corrected chi connectivity index (χ1v) is 7.97. The quantitative estimate of drug-likeness (QED) is 0.748. The van der Waals surface area contributed by atoms with Gasteiger partial charge in [-0.3, -0.25) is 0 Å². The van der Waals surface area contributed by atoms with Crippen LogP contribution in [0.15, 0.2) is 60.7 Å². The molecule has 0 spiro atoms. The monoisotopic (exact) mass is 349 g/mol. The standard InChI is InChI=1S/C18H20ClNO3.CH4/c19-12-17(21)16(11-14-7-3-1-4-8-14)20-18(22)23-13-15-9-5-2-6-10-15;/h1-10,16-17,21H,11-13H2,(H,20,22);1H4/t16-,17+;/m0./s1. The molecule has 5 heteroatoms. The van der Waals surface area contributed by atoms with Crippen LogP contribution in [-0.2, 0) is 17.8 Å². The highest BCUT2D eigenvalue weighted by Crippen LogP contribution is 2.08. The van der Waals surface area contributed by atoms with E-state index in [1.54, 1.807) is 0 Å². The number of nitrogens with one attached hydrogen (secondary N) is 1. The Morgan fingerprint density at radius 1 is 1.04 bits per heavy atom. The molecule has 0 aliphatic carbocycles. The second-order valence-electron chi connectivity index (χ2n) is 5.22. The van der Waals surface area contributed by atoms with Gasteiger partial charge in [0.1, 0.15) is 6.61 Å². The normalized spacial score (nSPS) is 12.6. The molecule has 24 heavy (non-hydrogen) atoms. The van der Waals surface area contributed by atoms with E-state index in [9.17, 15) is 9.90 Å². The Labute approximate surface area is 148 Å². The number of aliphatic hydroxyl groups excluding tert-OH is 1. The molecular weight excluding hydrogens is 326 g/mol. The molecule has 2 aromatic rings. The third-order valence-corrected chi connectivity index (χ3v) is 3.75. The van der Waals surface area contributed by atoms with Crippen LogP contribution in [0.4, 0.5) is 4.79 Å². The maximum Gasteiger partial charge on any atom is 0.407 e. The predicted molar refractivity (Wildman–Crippen MR) is 97.2 cm³/mol. The molecule has 0 aliphatic heterocycles. The second kappa shape index (κ2) is 10.7. The number of aliphatic hydroxyl groups is 1. The topological polar surface area (TPSA) is 58.6 Å². The van der Waals surface area contributed by atoms with Gasteiger partial charge in [-0.05, 0) is 17.5 Å². The minimum absolute atomic E-state index is 0. The third-order valence-electron chi connectivity index (χ3n) is 3.44. The minimum Gasteiger partial charge on any atom is -0.445 e. The molecule has 0 saturated carbocycles. The van der Waals surface area contributed by atoms with E-state index in [1.807, 2.05) is 60.7 Å². The number of alkyl halides is 1. The number of alkyl carbamates (subject to hydrolysis) is 1. The molecule has 0 aromatic heterocycles. The fraction of sp³-hybridized carbons (Fsp3) is 0.316. The zero-order valence-corrected chi connectivity index (χ0v) is 13.4. The maximum absolute atomic E-state index is 11.9. The maximum atomic E-state index is 11.9. The number of hydrogen-bond acceptors (Lipinski definition) is 3. The molecule has 0 saturated heterocycles. The van der Waals surface area contributed by atoms with Crippen LogP contribution in [0, 0.1) is 0 Å². The molecule has 0 fully saturated rings. The summed E-state index contributed by atoms with van der Waals surface area (Å²) in [7, 11) is 0. The van der Waals surface area contributed by atoms with Gasteiger partial charge in [-0.25, -0.2) is 4.79 Å². The fourth-order valence-corrected chi connectivity index (χ4v) is 2.39. The Morgan fingerprint density at radius 2 is 1.58 bits per heavy atom. The van der Waals surface area contributed by atoms with E-state index in [1.165, 1.54) is 0 Å². The van der Waals surface area contributed by atoms with Crippen LogP contribution < -0.4 is 5.32 Å². The molecule has 0 aliphatic rings. The van der Waals surface area contributed by atoms with Crippen LogP contribution in [0.5, 0.6) is 0 Å². The number of rotatable bonds is 7. The summed E-state index contributed by atoms with van der Waals surface area (Å²) in [4.78, 5) is 11.9. The number of benzene rings is 2. The van der Waals surface area contributed by atoms with Gasteiger partial charge in [0, 0.05) is 0 Å². The molecule has 0 heterocycles. The summed E-state index contributed by atoms with van der Waals surface area (Å²) >= 11 is 5.73. The molecule has 130 valence electrons. The molecule has 0 unspecified atom stereocenters. The van der Waals surface area contributed by atoms with Crippen LogP contribution in [0.3, 0.4) is 0 Å². The molecular formula is C19H24ClNO3. The van der Waals surface area contributed by atoms with Crippen molar-refractivity contribution in [3.8, 4) is 0 Å². The summed E-state index contributed by atoms with van der Waals surface area (Å²) in [6.07, 6.45) is -0.935. The van der Waals surface area contributed by atoms with E-state index in [0.717, 1.165) is 11.1 Å². The summed E-state index contributed by atoms with van der Waals surface area (Å²) in [6, 6.07) is 18.5. The van der Waals surface area contributed by atoms with Crippen molar-refractivity contribution >= 4 is 17.7 Å². The lowest BCUT2D eigenvalue weighted by Gasteiger charge is -2.22. The van der Waals surface area contributed by atoms with E-state index in [-0.39, 0.29) is 19.9 Å². The molecule has 0 bridgehead atoms. The van der Waals surface area contributed by atoms with E-state index in [4.69, 9.17) is 16.3 Å². The van der Waals surface area contributed by atoms with Gasteiger partial charge in [-0.1, -0.05) is 68.1 Å². The summed E-state index contributed by atoms with van der Waals surface area (Å²) in [5.41, 5.74) is 1.91. The summed E-state index contributed by atoms with van der Waals surface area (Å²) in [5.74, 6) is 0.0382. The fourth-order valence-electron chi connectivity index (χ4n) is 2.17. The Hall–Kier alpha value is -2.04. The van der Waals surface area contributed by atoms with Gasteiger partial charge >= 0.3 is 6.09 Å². The lowest BCUT2D eigenvalue weighted by atomic mass is 10.0. The summed E-state index contributed by atoms with van der Waals surface area (Å²) < 4.78 is 5.19. The van der Waals surface area contributed by atoms with Crippen LogP contribution in [-0.4, -0.2) is 29.2 Å². The predicted octanol–water partition coefficient (Wildman–Crippen LogP) is 3.76. The SMILES string of the molecule is C.O=C(N[C@@H](Cc1ccccc1)[C@H](O)CCl)OCc1ccccc1. The zero-order chi connectivity index (χ0) is 16.5. The van der Waals surface area contributed by atoms with Crippen LogP contribution in [0.1, 0.15) is 18.6 Å². The number of hydrogen-bond donors (Lipinski definition) is 2. The highest BCUT2D eigenvalue weighted by molar-refractivity contribution is 6.18. The average Bonchev–Trinajstić information content (AvgIpc) is 2.60. The Bertz CT molecular complexity index is 592. The van der Waals surface area contributed by atoms with Crippen molar-refractivity contribution in [2.24, 2.45) is 0 Å². The van der Waals surface area contributed by atoms with E-state index >= 15 is 0 Å². The van der Waals surface area contributed by atoms with Gasteiger partial charge in [0.15, 0.2) is 0 Å². The number of amides is 1. The first-order chi connectivity index (χ1) is 11.2. The van der Waals surface area contributed by atoms with Gasteiger partial charge in [-0.2, -0.15) is 0 Å². The number of halogens is 1. The van der Waals surface area contributed by atoms with Crippen molar-refractivity contribution in [2.75, 3.05) is 5.88 Å². The van der Waals surface area contributed by atoms with Crippen molar-refractivity contribution < 1.29 is 14.6 Å². The van der Waals surface area contributed by atoms with Crippen molar-refractivity contribution in [1.82, 2.24) is 5.32 Å². The van der Waals surface area contributed by atoms with Crippen molar-refractivity contribution in [2.45, 2.75) is 32.6 Å². The average molecular weight is 350 g/mol. The molecule has 2 N–H and O–H groups in total. The number of carbonyl (C=O) groups is 1. The number of carbonyl (C=O) groups excluding carboxylic acids is 1. The first kappa shape index (κ1) is 20.0. The van der Waals surface area contributed by atoms with Gasteiger partial charge in [0.25, 0.3) is 0 Å². The first-order valence-electron chi connectivity index (χ1n) is 7.44. The Morgan fingerprint density at radius 3 is 2.12 bits per heavy atom. The van der Waals surface area contributed by atoms with E-state index in [2.05, 4.69) is 5.32 Å². The van der Waals surface area contributed by atoms with Gasteiger partial charge in [-0.15, -0.1) is 11.6 Å². The molecule has 2 rings (SSSR count). The lowest BCUT2D eigenvalue weighted by Crippen LogP contribution is -2.45. The highest BCUT2D eigenvalue weighted by atomic mass is 35.5. The van der Waals surface area contributed by atoms with E-state index < -0.39 is 18.2 Å². The van der Waals surface area contributed by atoms with Crippen LogP contribution in [0.25, 0.3) is 0 Å². The second-order valence-corrected chi connectivity index (χ2v) is 5.53. The van der Waals surface area contributed by atoms with Crippen LogP contribution >= 0.6 is 11.6 Å². The Balaban J connectivity index is 0.00000288. The van der Waals surface area contributed by atoms with E-state index in [0.29, 0.717) is 6.42 Å². The lowest BCUT2D eigenvalue weighted by molar-refractivity contribution is 0.110. The minimum atomic E-state index is -0.846. The van der Waals surface area contributed by atoms with Gasteiger partial charge < -0.3 is 15.2 Å². The molecule has 2 atom stereocenters. The zero-order valence-electron chi connectivity index (χ0n) is 12.7. The van der Waals surface area contributed by atoms with Gasteiger partial charge in [0.05, 0.1) is 18.0 Å². The highest BCUT2D eigenvalue weighted by Gasteiger charge is 2.21. The third kappa shape index (κ3) is 6.60. The Kier molecular flexibility index (Phi) is 8.90. The van der Waals surface area contributed by atoms with Crippen molar-refractivity contribution in [3.05, 3.63) is 71.8 Å². The summed E-state index contributed by atoms with van der Waals surface area (Å²) in [6.45, 7) is 0.182. The van der Waals surface area contributed by atoms with Crippen LogP contribution in [0.2, 0.25) is 0 Å². The molecule has 0 radical (unpaired) electrons. The van der Waals surface area contributed by atoms with Gasteiger partial charge in [0.2, 0.25) is 0 Å². The molecule has 1 amide bonds. The number of ether oxygens (including phenoxy) is 1. The van der Waals surface area contributed by atoms with Crippen molar-refractivity contribution in [3.63, 3.8) is 0 Å². The molecule has 4 nitrogen and oxygen atoms in total.